The highest BCUT2D eigenvalue weighted by Crippen LogP contribution is 1.60. The minimum atomic E-state index is -0.475. The summed E-state index contributed by atoms with van der Waals surface area (Å²) in [7, 11) is 0. The average Bonchev–Trinajstić information content (AvgIpc) is 2.06. The molecule has 0 fully saturated rings. The zero-order chi connectivity index (χ0) is 10.1. The lowest BCUT2D eigenvalue weighted by molar-refractivity contribution is 0.859. The molecule has 9 heteroatoms. The van der Waals surface area contributed by atoms with Gasteiger partial charge in [0.1, 0.15) is 0 Å². The van der Waals surface area contributed by atoms with Crippen LogP contribution in [-0.2, 0) is 0 Å². The predicted molar refractivity (Wildman–Crippen MR) is 41.9 cm³/mol. The Morgan fingerprint density at radius 3 is 2.38 bits per heavy atom. The van der Waals surface area contributed by atoms with E-state index in [2.05, 4.69) is 26.5 Å². The van der Waals surface area contributed by atoms with Gasteiger partial charge in [-0.3, -0.25) is 9.78 Å². The molecule has 1 aromatic rings. The third-order valence-electron chi connectivity index (χ3n) is 0.782. The number of H-pyrrole nitrogens is 2. The molecule has 9 nitrogen and oxygen atoms in total. The second kappa shape index (κ2) is 6.39. The summed E-state index contributed by atoms with van der Waals surface area (Å²) in [6.07, 6.45) is 1.29. The van der Waals surface area contributed by atoms with Crippen molar-refractivity contribution >= 4 is 0 Å². The van der Waals surface area contributed by atoms with Gasteiger partial charge in [0.25, 0.3) is 5.56 Å². The van der Waals surface area contributed by atoms with Crippen LogP contribution in [0.15, 0.2) is 37.5 Å². The molecule has 0 spiro atoms. The van der Waals surface area contributed by atoms with Gasteiger partial charge in [0, 0.05) is 12.3 Å². The molecular weight excluding hydrogens is 178 g/mol. The topological polar surface area (TPSA) is 153 Å². The molecule has 0 radical (unpaired) electrons. The zero-order valence-corrected chi connectivity index (χ0v) is 6.39. The number of nitrogens with zero attached hydrogens (tertiary/aromatic N) is 3. The molecular formula is C4H7N7O2. The van der Waals surface area contributed by atoms with E-state index < -0.39 is 5.69 Å². The Morgan fingerprint density at radius 2 is 2.15 bits per heavy atom. The molecule has 0 aliphatic rings. The molecule has 0 atom stereocenters. The summed E-state index contributed by atoms with van der Waals surface area (Å²) in [6, 6.07) is 1.24. The maximum absolute atomic E-state index is 10.2. The van der Waals surface area contributed by atoms with Gasteiger partial charge in [0.05, 0.1) is 0 Å². The lowest BCUT2D eigenvalue weighted by Gasteiger charge is -1.75. The number of hydrogen-bond acceptors (Lipinski definition) is 4. The van der Waals surface area contributed by atoms with E-state index in [0.717, 1.165) is 0 Å². The maximum atomic E-state index is 10.2. The van der Waals surface area contributed by atoms with Crippen LogP contribution in [0.1, 0.15) is 0 Å². The maximum Gasteiger partial charge on any atom is 0.325 e. The molecule has 0 aromatic carbocycles. The summed E-state index contributed by atoms with van der Waals surface area (Å²) in [5, 5.41) is 7.73. The summed E-state index contributed by atoms with van der Waals surface area (Å²) in [4.78, 5) is 24.7. The highest BCUT2D eigenvalue weighted by molar-refractivity contribution is 4.77. The fourth-order valence-corrected chi connectivity index (χ4v) is 0.409. The van der Waals surface area contributed by atoms with Crippen LogP contribution >= 0.6 is 0 Å². The Kier molecular flexibility index (Phi) is 5.25. The molecule has 1 rings (SSSR count). The van der Waals surface area contributed by atoms with Crippen molar-refractivity contribution in [2.24, 2.45) is 21.5 Å². The Labute approximate surface area is 71.2 Å². The number of rotatable bonds is 1. The smallest absolute Gasteiger partial charge is 0.314 e. The predicted octanol–water partition coefficient (Wildman–Crippen LogP) is -0.679. The van der Waals surface area contributed by atoms with Gasteiger partial charge in [0.2, 0.25) is 0 Å². The van der Waals surface area contributed by atoms with Crippen LogP contribution in [0.5, 0.6) is 0 Å². The number of aromatic amines is 2. The van der Waals surface area contributed by atoms with E-state index in [0.29, 0.717) is 0 Å². The van der Waals surface area contributed by atoms with Crippen molar-refractivity contribution in [1.29, 1.82) is 5.53 Å². The van der Waals surface area contributed by atoms with Crippen molar-refractivity contribution in [3.63, 3.8) is 0 Å². The Bertz CT molecular complexity index is 351. The van der Waals surface area contributed by atoms with E-state index in [1.807, 2.05) is 4.98 Å². The molecule has 1 aromatic heterocycles. The molecule has 0 amide bonds. The van der Waals surface area contributed by atoms with Crippen molar-refractivity contribution in [1.82, 2.24) is 9.97 Å². The quantitative estimate of drug-likeness (QED) is 0.260. The number of aromatic nitrogens is 2. The molecule has 0 aliphatic carbocycles. The van der Waals surface area contributed by atoms with Gasteiger partial charge in [-0.05, 0) is 10.4 Å². The van der Waals surface area contributed by atoms with Crippen LogP contribution in [0.3, 0.4) is 0 Å². The normalized spacial score (nSPS) is 8.92. The summed E-state index contributed by atoms with van der Waals surface area (Å²) in [5.41, 5.74) is 5.03. The van der Waals surface area contributed by atoms with Crippen LogP contribution in [0, 0.1) is 5.53 Å². The highest BCUT2D eigenvalue weighted by atomic mass is 16.2. The number of nitrogens with one attached hydrogen (secondary N) is 3. The molecule has 0 saturated carbocycles. The molecule has 0 saturated heterocycles. The van der Waals surface area contributed by atoms with E-state index in [1.54, 1.807) is 0 Å². The number of nitrogens with two attached hydrogens (primary N) is 1. The van der Waals surface area contributed by atoms with Gasteiger partial charge >= 0.3 is 5.69 Å². The molecule has 0 unspecified atom stereocenters. The highest BCUT2D eigenvalue weighted by Gasteiger charge is 1.77. The van der Waals surface area contributed by atoms with Gasteiger partial charge in [-0.15, -0.1) is 0 Å². The first-order valence-electron chi connectivity index (χ1n) is 2.95. The van der Waals surface area contributed by atoms with E-state index in [-0.39, 0.29) is 5.56 Å². The fraction of sp³-hybridized carbons (Fsp3) is 0. The molecule has 0 bridgehead atoms. The van der Waals surface area contributed by atoms with E-state index in [4.69, 9.17) is 5.53 Å². The van der Waals surface area contributed by atoms with E-state index >= 15 is 0 Å². The SMILES string of the molecule is N=N/N=N/N.O=c1cc[nH]c(=O)[nH]1. The van der Waals surface area contributed by atoms with Crippen LogP contribution in [0.25, 0.3) is 0 Å². The monoisotopic (exact) mass is 185 g/mol. The molecule has 1 heterocycles. The summed E-state index contributed by atoms with van der Waals surface area (Å²) in [5.74, 6) is 4.38. The van der Waals surface area contributed by atoms with Crippen LogP contribution in [0.4, 0.5) is 0 Å². The van der Waals surface area contributed by atoms with Crippen molar-refractivity contribution in [2.75, 3.05) is 0 Å². The largest absolute Gasteiger partial charge is 0.325 e. The van der Waals surface area contributed by atoms with Crippen molar-refractivity contribution < 1.29 is 0 Å². The second-order valence-electron chi connectivity index (χ2n) is 1.60. The molecule has 0 aliphatic heterocycles. The Balaban J connectivity index is 0.000000252. The van der Waals surface area contributed by atoms with Crippen LogP contribution < -0.4 is 17.1 Å². The van der Waals surface area contributed by atoms with E-state index in [9.17, 15) is 9.59 Å². The first-order valence-corrected chi connectivity index (χ1v) is 2.95. The third kappa shape index (κ3) is 6.09. The second-order valence-corrected chi connectivity index (χ2v) is 1.60. The molecule has 70 valence electrons. The fourth-order valence-electron chi connectivity index (χ4n) is 0.409. The minimum Gasteiger partial charge on any atom is -0.314 e. The summed E-state index contributed by atoms with van der Waals surface area (Å²) in [6.45, 7) is 0. The Morgan fingerprint density at radius 1 is 1.46 bits per heavy atom. The van der Waals surface area contributed by atoms with Crippen molar-refractivity contribution in [3.8, 4) is 0 Å². The summed E-state index contributed by atoms with van der Waals surface area (Å²) >= 11 is 0. The number of hydrogen-bond donors (Lipinski definition) is 4. The lowest BCUT2D eigenvalue weighted by Crippen LogP contribution is -2.19. The average molecular weight is 185 g/mol. The van der Waals surface area contributed by atoms with Crippen LogP contribution in [0.2, 0.25) is 0 Å². The Hall–Kier alpha value is -2.32. The van der Waals surface area contributed by atoms with Gasteiger partial charge in [-0.2, -0.15) is 5.53 Å². The minimum absolute atomic E-state index is 0.381. The zero-order valence-electron chi connectivity index (χ0n) is 6.39. The molecule has 5 N–H and O–H groups in total. The van der Waals surface area contributed by atoms with Gasteiger partial charge in [-0.1, -0.05) is 5.22 Å². The van der Waals surface area contributed by atoms with Crippen LogP contribution in [-0.4, -0.2) is 9.97 Å². The van der Waals surface area contributed by atoms with E-state index in [1.165, 1.54) is 12.3 Å². The first kappa shape index (κ1) is 10.7. The van der Waals surface area contributed by atoms with Gasteiger partial charge < -0.3 is 10.8 Å². The lowest BCUT2D eigenvalue weighted by atomic mass is 10.7. The van der Waals surface area contributed by atoms with Gasteiger partial charge in [0.15, 0.2) is 0 Å². The standard InChI is InChI=1S/C4H4N2O2.H3N5/c7-3-1-2-5-4(8)6-3;1-3-5-4-2/h1-2H,(H2,5,6,7,8);(H3,1,2,5). The van der Waals surface area contributed by atoms with Crippen molar-refractivity contribution in [3.05, 3.63) is 33.1 Å². The first-order chi connectivity index (χ1) is 6.20. The van der Waals surface area contributed by atoms with Crippen molar-refractivity contribution in [2.45, 2.75) is 0 Å². The van der Waals surface area contributed by atoms with Gasteiger partial charge in [-0.25, -0.2) is 4.79 Å². The summed E-state index contributed by atoms with van der Waals surface area (Å²) < 4.78 is 0. The third-order valence-corrected chi connectivity index (χ3v) is 0.782. The molecule has 13 heavy (non-hydrogen) atoms.